The monoisotopic (exact) mass is 567 g/mol. The summed E-state index contributed by atoms with van der Waals surface area (Å²) in [5.41, 5.74) is 4.14. The van der Waals surface area contributed by atoms with Gasteiger partial charge in [0.25, 0.3) is 11.8 Å². The number of halogens is 1. The highest BCUT2D eigenvalue weighted by molar-refractivity contribution is 6.33. The third-order valence-corrected chi connectivity index (χ3v) is 6.11. The summed E-state index contributed by atoms with van der Waals surface area (Å²) in [7, 11) is 0. The number of hydrogen-bond acceptors (Lipinski definition) is 7. The maximum Gasteiger partial charge on any atom is 0.345 e. The number of hydrogen-bond donors (Lipinski definition) is 2. The Bertz CT molecular complexity index is 1670. The van der Waals surface area contributed by atoms with Crippen LogP contribution < -0.4 is 25.0 Å². The van der Waals surface area contributed by atoms with E-state index in [9.17, 15) is 14.4 Å². The number of nitrogens with one attached hydrogen (secondary N) is 2. The number of rotatable bonds is 8. The lowest BCUT2D eigenvalue weighted by Gasteiger charge is -2.09. The van der Waals surface area contributed by atoms with Crippen LogP contribution in [0.2, 0.25) is 5.02 Å². The Morgan fingerprint density at radius 2 is 1.61 bits per heavy atom. The summed E-state index contributed by atoms with van der Waals surface area (Å²) < 4.78 is 16.2. The lowest BCUT2D eigenvalue weighted by molar-refractivity contribution is -0.117. The summed E-state index contributed by atoms with van der Waals surface area (Å²) in [6.45, 7) is 0.107. The molecule has 0 fully saturated rings. The zero-order chi connectivity index (χ0) is 28.6. The normalized spacial score (nSPS) is 12.2. The maximum absolute atomic E-state index is 13.1. The molecule has 0 aliphatic carbocycles. The second-order valence-corrected chi connectivity index (χ2v) is 9.04. The van der Waals surface area contributed by atoms with Gasteiger partial charge in [-0.2, -0.15) is 5.10 Å². The average molecular weight is 568 g/mol. The number of carbonyl (C=O) groups is 3. The van der Waals surface area contributed by atoms with Crippen LogP contribution in [0.3, 0.4) is 0 Å². The van der Waals surface area contributed by atoms with Gasteiger partial charge in [-0.25, -0.2) is 10.2 Å². The standard InChI is InChI=1S/C31H22ClN3O6/c32-25-12-5-4-11-24(25)31(38)41-23-10-6-7-21(15-23)18-33-35-30(37)26(34-29(36)22-8-2-1-3-9-22)16-20-13-14-27-28(17-20)40-19-39-27/h1-18H,19H2,(H,34,36)(H,35,37). The second kappa shape index (κ2) is 12.6. The molecule has 4 aromatic rings. The van der Waals surface area contributed by atoms with Crippen LogP contribution in [-0.4, -0.2) is 30.8 Å². The smallest absolute Gasteiger partial charge is 0.345 e. The van der Waals surface area contributed by atoms with E-state index in [-0.39, 0.29) is 28.8 Å². The Balaban J connectivity index is 1.30. The molecule has 0 aromatic heterocycles. The van der Waals surface area contributed by atoms with Crippen molar-refractivity contribution in [1.29, 1.82) is 0 Å². The third kappa shape index (κ3) is 6.97. The molecule has 0 saturated heterocycles. The van der Waals surface area contributed by atoms with Gasteiger partial charge in [-0.1, -0.05) is 60.1 Å². The Morgan fingerprint density at radius 3 is 2.44 bits per heavy atom. The van der Waals surface area contributed by atoms with E-state index >= 15 is 0 Å². The summed E-state index contributed by atoms with van der Waals surface area (Å²) in [5, 5.41) is 6.94. The van der Waals surface area contributed by atoms with Gasteiger partial charge in [0.15, 0.2) is 11.5 Å². The molecule has 204 valence electrons. The molecule has 2 amide bonds. The fourth-order valence-electron chi connectivity index (χ4n) is 3.78. The highest BCUT2D eigenvalue weighted by Crippen LogP contribution is 2.33. The molecule has 0 saturated carbocycles. The molecule has 0 bridgehead atoms. The Labute approximate surface area is 240 Å². The zero-order valence-electron chi connectivity index (χ0n) is 21.4. The molecular weight excluding hydrogens is 546 g/mol. The molecule has 0 radical (unpaired) electrons. The molecule has 0 spiro atoms. The van der Waals surface area contributed by atoms with Crippen LogP contribution in [0.1, 0.15) is 31.8 Å². The number of nitrogens with zero attached hydrogens (tertiary/aromatic N) is 1. The van der Waals surface area contributed by atoms with E-state index in [0.29, 0.717) is 28.2 Å². The lowest BCUT2D eigenvalue weighted by Crippen LogP contribution is -2.32. The van der Waals surface area contributed by atoms with Gasteiger partial charge in [-0.15, -0.1) is 0 Å². The van der Waals surface area contributed by atoms with Crippen molar-refractivity contribution >= 4 is 41.7 Å². The molecule has 1 aliphatic rings. The highest BCUT2D eigenvalue weighted by atomic mass is 35.5. The molecule has 5 rings (SSSR count). The first kappa shape index (κ1) is 27.2. The Kier molecular flexibility index (Phi) is 8.37. The van der Waals surface area contributed by atoms with E-state index in [4.69, 9.17) is 25.8 Å². The van der Waals surface area contributed by atoms with Gasteiger partial charge >= 0.3 is 5.97 Å². The van der Waals surface area contributed by atoms with Gasteiger partial charge < -0.3 is 19.5 Å². The average Bonchev–Trinajstić information content (AvgIpc) is 3.46. The van der Waals surface area contributed by atoms with Crippen molar-refractivity contribution in [3.05, 3.63) is 130 Å². The quantitative estimate of drug-likeness (QED) is 0.0993. The first-order valence-corrected chi connectivity index (χ1v) is 12.7. The van der Waals surface area contributed by atoms with Gasteiger partial charge in [0.1, 0.15) is 11.4 Å². The van der Waals surface area contributed by atoms with Crippen LogP contribution in [0.5, 0.6) is 17.2 Å². The molecule has 0 atom stereocenters. The predicted molar refractivity (Wildman–Crippen MR) is 153 cm³/mol. The minimum Gasteiger partial charge on any atom is -0.454 e. The summed E-state index contributed by atoms with van der Waals surface area (Å²) in [5.74, 6) is -0.352. The van der Waals surface area contributed by atoms with E-state index in [1.54, 1.807) is 97.1 Å². The van der Waals surface area contributed by atoms with Crippen LogP contribution in [0.15, 0.2) is 108 Å². The molecule has 1 aliphatic heterocycles. The van der Waals surface area contributed by atoms with Crippen molar-refractivity contribution in [1.82, 2.24) is 10.7 Å². The zero-order valence-corrected chi connectivity index (χ0v) is 22.1. The van der Waals surface area contributed by atoms with Gasteiger partial charge in [0.05, 0.1) is 16.8 Å². The van der Waals surface area contributed by atoms with Gasteiger partial charge in [0, 0.05) is 5.56 Å². The van der Waals surface area contributed by atoms with Gasteiger partial charge in [0.2, 0.25) is 6.79 Å². The number of esters is 1. The number of benzene rings is 4. The largest absolute Gasteiger partial charge is 0.454 e. The fraction of sp³-hybridized carbons (Fsp3) is 0.0323. The molecule has 0 unspecified atom stereocenters. The molecule has 9 nitrogen and oxygen atoms in total. The van der Waals surface area contributed by atoms with Crippen molar-refractivity contribution < 1.29 is 28.6 Å². The van der Waals surface area contributed by atoms with E-state index in [2.05, 4.69) is 15.8 Å². The molecular formula is C31H22ClN3O6. The predicted octanol–water partition coefficient (Wildman–Crippen LogP) is 5.21. The van der Waals surface area contributed by atoms with Crippen molar-refractivity contribution in [2.24, 2.45) is 5.10 Å². The van der Waals surface area contributed by atoms with Crippen molar-refractivity contribution in [2.75, 3.05) is 6.79 Å². The van der Waals surface area contributed by atoms with Crippen LogP contribution in [0, 0.1) is 0 Å². The first-order valence-electron chi connectivity index (χ1n) is 12.3. The topological polar surface area (TPSA) is 115 Å². The van der Waals surface area contributed by atoms with E-state index in [0.717, 1.165) is 0 Å². The molecule has 4 aromatic carbocycles. The summed E-state index contributed by atoms with van der Waals surface area (Å²) >= 11 is 6.08. The second-order valence-electron chi connectivity index (χ2n) is 8.63. The Morgan fingerprint density at radius 1 is 0.829 bits per heavy atom. The third-order valence-electron chi connectivity index (χ3n) is 5.78. The van der Waals surface area contributed by atoms with Gasteiger partial charge in [-0.3, -0.25) is 9.59 Å². The maximum atomic E-state index is 13.1. The lowest BCUT2D eigenvalue weighted by atomic mass is 10.1. The van der Waals surface area contributed by atoms with Crippen LogP contribution in [0.25, 0.3) is 6.08 Å². The minimum atomic E-state index is -0.663. The van der Waals surface area contributed by atoms with Crippen molar-refractivity contribution in [3.8, 4) is 17.2 Å². The SMILES string of the molecule is O=C(NN=Cc1cccc(OC(=O)c2ccccc2Cl)c1)C(=Cc1ccc2c(c1)OCO2)NC(=O)c1ccccc1. The van der Waals surface area contributed by atoms with Crippen LogP contribution >= 0.6 is 11.6 Å². The molecule has 10 heteroatoms. The molecule has 1 heterocycles. The number of fused-ring (bicyclic) bond motifs is 1. The molecule has 41 heavy (non-hydrogen) atoms. The number of carbonyl (C=O) groups excluding carboxylic acids is 3. The van der Waals surface area contributed by atoms with E-state index in [1.807, 2.05) is 0 Å². The number of hydrazone groups is 1. The summed E-state index contributed by atoms with van der Waals surface area (Å²) in [6.07, 6.45) is 2.88. The van der Waals surface area contributed by atoms with Crippen molar-refractivity contribution in [3.63, 3.8) is 0 Å². The van der Waals surface area contributed by atoms with Gasteiger partial charge in [-0.05, 0) is 65.7 Å². The van der Waals surface area contributed by atoms with Crippen LogP contribution in [-0.2, 0) is 4.79 Å². The summed E-state index contributed by atoms with van der Waals surface area (Å²) in [6, 6.07) is 26.8. The first-order chi connectivity index (χ1) is 20.0. The fourth-order valence-corrected chi connectivity index (χ4v) is 4.00. The highest BCUT2D eigenvalue weighted by Gasteiger charge is 2.17. The van der Waals surface area contributed by atoms with E-state index < -0.39 is 17.8 Å². The van der Waals surface area contributed by atoms with E-state index in [1.165, 1.54) is 12.3 Å². The number of ether oxygens (including phenoxy) is 3. The Hall–Kier alpha value is -5.41. The molecule has 2 N–H and O–H groups in total. The van der Waals surface area contributed by atoms with Crippen LogP contribution in [0.4, 0.5) is 0 Å². The summed E-state index contributed by atoms with van der Waals surface area (Å²) in [4.78, 5) is 38.4. The van der Waals surface area contributed by atoms with Crippen molar-refractivity contribution in [2.45, 2.75) is 0 Å². The minimum absolute atomic E-state index is 0.0442. The number of amides is 2.